The van der Waals surface area contributed by atoms with Crippen LogP contribution in [0.15, 0.2) is 23.1 Å². The Morgan fingerprint density at radius 1 is 1.30 bits per heavy atom. The summed E-state index contributed by atoms with van der Waals surface area (Å²) in [7, 11) is -3.79. The van der Waals surface area contributed by atoms with E-state index in [1.54, 1.807) is 6.07 Å². The van der Waals surface area contributed by atoms with Gasteiger partial charge >= 0.3 is 0 Å². The van der Waals surface area contributed by atoms with Gasteiger partial charge in [0.15, 0.2) is 0 Å². The molecule has 0 aromatic heterocycles. The van der Waals surface area contributed by atoms with E-state index in [0.29, 0.717) is 12.5 Å². The molecule has 4 nitrogen and oxygen atoms in total. The Hall–Kier alpha value is -1.45. The molecule has 1 aromatic carbocycles. The Bertz CT molecular complexity index is 673. The van der Waals surface area contributed by atoms with Gasteiger partial charge in [-0.2, -0.15) is 9.57 Å². The lowest BCUT2D eigenvalue weighted by Gasteiger charge is -2.22. The van der Waals surface area contributed by atoms with Crippen LogP contribution in [-0.2, 0) is 10.0 Å². The third-order valence-corrected chi connectivity index (χ3v) is 5.72. The molecule has 1 aromatic rings. The van der Waals surface area contributed by atoms with E-state index < -0.39 is 15.8 Å². The summed E-state index contributed by atoms with van der Waals surface area (Å²) in [6, 6.07) is 5.46. The molecule has 0 aliphatic heterocycles. The number of nitriles is 1. The lowest BCUT2D eigenvalue weighted by Crippen LogP contribution is -2.35. The molecule has 0 radical (unpaired) electrons. The van der Waals surface area contributed by atoms with Gasteiger partial charge in [0.05, 0.1) is 0 Å². The van der Waals surface area contributed by atoms with Crippen molar-refractivity contribution in [1.82, 2.24) is 4.31 Å². The van der Waals surface area contributed by atoms with Crippen molar-refractivity contribution in [3.05, 3.63) is 29.6 Å². The highest BCUT2D eigenvalue weighted by atomic mass is 32.2. The maximum atomic E-state index is 13.6. The van der Waals surface area contributed by atoms with Gasteiger partial charge in [-0.25, -0.2) is 12.8 Å². The Morgan fingerprint density at radius 3 is 2.55 bits per heavy atom. The predicted octanol–water partition coefficient (Wildman–Crippen LogP) is 2.26. The number of halogens is 1. The first kappa shape index (κ1) is 13.5. The maximum absolute atomic E-state index is 13.6. The third kappa shape index (κ3) is 2.43. The van der Waals surface area contributed by atoms with Gasteiger partial charge in [0, 0.05) is 12.6 Å². The van der Waals surface area contributed by atoms with Crippen molar-refractivity contribution >= 4 is 10.0 Å². The zero-order valence-corrected chi connectivity index (χ0v) is 11.7. The van der Waals surface area contributed by atoms with Crippen molar-refractivity contribution in [1.29, 1.82) is 5.26 Å². The largest absolute Gasteiger partial charge is 0.244 e. The predicted molar refractivity (Wildman–Crippen MR) is 70.8 cm³/mol. The Morgan fingerprint density at radius 2 is 2.00 bits per heavy atom. The number of hydrogen-bond acceptors (Lipinski definition) is 3. The summed E-state index contributed by atoms with van der Waals surface area (Å²) < 4.78 is 40.5. The molecule has 2 aliphatic rings. The van der Waals surface area contributed by atoms with Crippen LogP contribution in [0.1, 0.15) is 31.2 Å². The fourth-order valence-corrected chi connectivity index (χ4v) is 4.23. The van der Waals surface area contributed by atoms with Crippen LogP contribution in [-0.4, -0.2) is 25.3 Å². The van der Waals surface area contributed by atoms with E-state index in [2.05, 4.69) is 0 Å². The Labute approximate surface area is 117 Å². The lowest BCUT2D eigenvalue weighted by atomic mass is 10.2. The summed E-state index contributed by atoms with van der Waals surface area (Å²) in [5.74, 6) is -0.361. The smallest absolute Gasteiger partial charge is 0.207 e. The van der Waals surface area contributed by atoms with Crippen molar-refractivity contribution in [2.24, 2.45) is 5.92 Å². The summed E-state index contributed by atoms with van der Waals surface area (Å²) in [4.78, 5) is -0.201. The van der Waals surface area contributed by atoms with Crippen LogP contribution in [0.25, 0.3) is 0 Å². The Balaban J connectivity index is 2.01. The van der Waals surface area contributed by atoms with Crippen LogP contribution >= 0.6 is 0 Å². The fourth-order valence-electron chi connectivity index (χ4n) is 2.32. The molecular weight excluding hydrogens is 279 g/mol. The highest BCUT2D eigenvalue weighted by molar-refractivity contribution is 7.89. The average molecular weight is 294 g/mol. The van der Waals surface area contributed by atoms with Crippen LogP contribution < -0.4 is 0 Å². The van der Waals surface area contributed by atoms with Gasteiger partial charge < -0.3 is 0 Å². The normalized spacial score (nSPS) is 19.1. The van der Waals surface area contributed by atoms with Crippen molar-refractivity contribution in [2.45, 2.75) is 36.6 Å². The Kier molecular flexibility index (Phi) is 3.27. The molecule has 106 valence electrons. The molecule has 0 saturated heterocycles. The zero-order valence-electron chi connectivity index (χ0n) is 10.9. The highest BCUT2D eigenvalue weighted by Crippen LogP contribution is 2.38. The van der Waals surface area contributed by atoms with Crippen molar-refractivity contribution in [3.63, 3.8) is 0 Å². The zero-order chi connectivity index (χ0) is 14.3. The second-order valence-corrected chi connectivity index (χ2v) is 7.33. The fraction of sp³-hybridized carbons (Fsp3) is 0.500. The van der Waals surface area contributed by atoms with Gasteiger partial charge in [-0.05, 0) is 43.7 Å². The molecule has 2 saturated carbocycles. The molecular formula is C14H15FN2O2S. The van der Waals surface area contributed by atoms with Crippen LogP contribution in [0.3, 0.4) is 0 Å². The van der Waals surface area contributed by atoms with Crippen molar-refractivity contribution < 1.29 is 12.8 Å². The van der Waals surface area contributed by atoms with E-state index in [9.17, 15) is 12.8 Å². The molecule has 0 atom stereocenters. The van der Waals surface area contributed by atoms with Crippen molar-refractivity contribution in [3.8, 4) is 6.07 Å². The van der Waals surface area contributed by atoms with E-state index in [1.807, 2.05) is 0 Å². The van der Waals surface area contributed by atoms with Crippen molar-refractivity contribution in [2.75, 3.05) is 6.54 Å². The van der Waals surface area contributed by atoms with Gasteiger partial charge in [0.2, 0.25) is 10.0 Å². The first-order valence-electron chi connectivity index (χ1n) is 6.74. The van der Waals surface area contributed by atoms with Gasteiger partial charge in [-0.15, -0.1) is 0 Å². The molecule has 2 fully saturated rings. The molecule has 0 unspecified atom stereocenters. The lowest BCUT2D eigenvalue weighted by molar-refractivity contribution is 0.388. The molecule has 3 rings (SSSR count). The number of nitrogens with zero attached hydrogens (tertiary/aromatic N) is 2. The summed E-state index contributed by atoms with van der Waals surface area (Å²) >= 11 is 0. The van der Waals surface area contributed by atoms with Crippen LogP contribution in [0.5, 0.6) is 0 Å². The maximum Gasteiger partial charge on any atom is 0.244 e. The summed E-state index contributed by atoms with van der Waals surface area (Å²) in [5, 5.41) is 9.02. The minimum Gasteiger partial charge on any atom is -0.207 e. The molecule has 0 amide bonds. The second kappa shape index (κ2) is 4.83. The molecule has 0 heterocycles. The van der Waals surface area contributed by atoms with Crippen LogP contribution in [0, 0.1) is 23.1 Å². The van der Waals surface area contributed by atoms with E-state index >= 15 is 0 Å². The molecule has 0 N–H and O–H groups in total. The quantitative estimate of drug-likeness (QED) is 0.837. The first-order chi connectivity index (χ1) is 9.54. The number of hydrogen-bond donors (Lipinski definition) is 0. The average Bonchev–Trinajstić information content (AvgIpc) is 3.27. The SMILES string of the molecule is N#Cc1c(F)cccc1S(=O)(=O)N(CC1CC1)C1CC1. The van der Waals surface area contributed by atoms with E-state index in [-0.39, 0.29) is 16.5 Å². The number of rotatable bonds is 5. The van der Waals surface area contributed by atoms with Gasteiger partial charge in [0.1, 0.15) is 22.3 Å². The van der Waals surface area contributed by atoms with Crippen LogP contribution in [0.2, 0.25) is 0 Å². The number of sulfonamides is 1. The van der Waals surface area contributed by atoms with Crippen LogP contribution in [0.4, 0.5) is 4.39 Å². The first-order valence-corrected chi connectivity index (χ1v) is 8.18. The molecule has 0 spiro atoms. The summed E-state index contributed by atoms with van der Waals surface area (Å²) in [6.07, 6.45) is 3.80. The highest BCUT2D eigenvalue weighted by Gasteiger charge is 2.42. The van der Waals surface area contributed by atoms with E-state index in [4.69, 9.17) is 5.26 Å². The summed E-state index contributed by atoms with van der Waals surface area (Å²) in [6.45, 7) is 0.494. The monoisotopic (exact) mass is 294 g/mol. The van der Waals surface area contributed by atoms with E-state index in [0.717, 1.165) is 31.7 Å². The molecule has 2 aliphatic carbocycles. The molecule has 6 heteroatoms. The van der Waals surface area contributed by atoms with Gasteiger partial charge in [0.25, 0.3) is 0 Å². The number of benzene rings is 1. The van der Waals surface area contributed by atoms with E-state index in [1.165, 1.54) is 16.4 Å². The summed E-state index contributed by atoms with van der Waals surface area (Å²) in [5.41, 5.74) is -0.381. The standard InChI is InChI=1S/C14H15FN2O2S/c15-13-2-1-3-14(12(13)8-16)20(18,19)17(11-6-7-11)9-10-4-5-10/h1-3,10-11H,4-7,9H2. The van der Waals surface area contributed by atoms with Gasteiger partial charge in [-0.3, -0.25) is 0 Å². The minimum absolute atomic E-state index is 0.0235. The molecule has 0 bridgehead atoms. The topological polar surface area (TPSA) is 61.2 Å². The molecule has 20 heavy (non-hydrogen) atoms. The van der Waals surface area contributed by atoms with Gasteiger partial charge in [-0.1, -0.05) is 6.07 Å². The minimum atomic E-state index is -3.79. The second-order valence-electron chi connectivity index (χ2n) is 5.47. The third-order valence-electron chi connectivity index (χ3n) is 3.76.